The Labute approximate surface area is 155 Å². The molecule has 3 heteroatoms. The minimum atomic E-state index is -0.425. The van der Waals surface area contributed by atoms with E-state index < -0.39 is 4.87 Å². The monoisotopic (exact) mass is 366 g/mol. The van der Waals surface area contributed by atoms with Gasteiger partial charge in [0.25, 0.3) is 0 Å². The van der Waals surface area contributed by atoms with Crippen molar-refractivity contribution >= 4 is 29.0 Å². The molecule has 0 N–H and O–H groups in total. The zero-order chi connectivity index (χ0) is 17.3. The predicted molar refractivity (Wildman–Crippen MR) is 101 cm³/mol. The fraction of sp³-hybridized carbons (Fsp3) is 0.762. The molecule has 4 rings (SSSR count). The van der Waals surface area contributed by atoms with Crippen LogP contribution in [-0.2, 0) is 4.79 Å². The lowest BCUT2D eigenvalue weighted by Gasteiger charge is -2.63. The van der Waals surface area contributed by atoms with E-state index in [1.165, 1.54) is 5.57 Å². The Morgan fingerprint density at radius 3 is 2.67 bits per heavy atom. The summed E-state index contributed by atoms with van der Waals surface area (Å²) in [4.78, 5) is 11.8. The van der Waals surface area contributed by atoms with Crippen molar-refractivity contribution in [3.63, 3.8) is 0 Å². The summed E-state index contributed by atoms with van der Waals surface area (Å²) in [5.74, 6) is 1.42. The number of allylic oxidation sites excluding steroid dienone is 4. The van der Waals surface area contributed by atoms with E-state index in [1.54, 1.807) is 6.92 Å². The van der Waals surface area contributed by atoms with Crippen LogP contribution in [0.5, 0.6) is 0 Å². The Hall–Kier alpha value is -0.270. The fourth-order valence-corrected chi connectivity index (χ4v) is 8.19. The van der Waals surface area contributed by atoms with Crippen LogP contribution >= 0.6 is 23.2 Å². The van der Waals surface area contributed by atoms with Crippen LogP contribution in [-0.4, -0.2) is 16.0 Å². The molecular weight excluding hydrogens is 339 g/mol. The maximum atomic E-state index is 12.2. The summed E-state index contributed by atoms with van der Waals surface area (Å²) in [6.07, 6.45) is 13.2. The third kappa shape index (κ3) is 1.92. The second-order valence-electron chi connectivity index (χ2n) is 9.01. The molecule has 1 nitrogen and oxygen atoms in total. The normalized spacial score (nSPS) is 53.0. The molecule has 0 aliphatic heterocycles. The number of alkyl halides is 2. The van der Waals surface area contributed by atoms with Gasteiger partial charge in [0.05, 0.1) is 10.3 Å². The zero-order valence-corrected chi connectivity index (χ0v) is 16.5. The zero-order valence-electron chi connectivity index (χ0n) is 14.9. The Bertz CT molecular complexity index is 638. The van der Waals surface area contributed by atoms with Crippen molar-refractivity contribution in [3.8, 4) is 0 Å². The van der Waals surface area contributed by atoms with Gasteiger partial charge in [-0.1, -0.05) is 37.6 Å². The van der Waals surface area contributed by atoms with Gasteiger partial charge in [0.2, 0.25) is 0 Å². The molecule has 132 valence electrons. The van der Waals surface area contributed by atoms with Crippen LogP contribution in [0.1, 0.15) is 59.3 Å². The van der Waals surface area contributed by atoms with Gasteiger partial charge >= 0.3 is 0 Å². The molecule has 7 atom stereocenters. The van der Waals surface area contributed by atoms with Crippen molar-refractivity contribution in [2.45, 2.75) is 69.5 Å². The lowest BCUT2D eigenvalue weighted by Crippen LogP contribution is -2.64. The Morgan fingerprint density at radius 2 is 1.96 bits per heavy atom. The maximum Gasteiger partial charge on any atom is 0.133 e. The van der Waals surface area contributed by atoms with Gasteiger partial charge in [-0.05, 0) is 62.7 Å². The number of hydrogen-bond donors (Lipinski definition) is 0. The van der Waals surface area contributed by atoms with E-state index in [-0.39, 0.29) is 22.1 Å². The number of rotatable bonds is 1. The molecule has 0 bridgehead atoms. The molecule has 0 heterocycles. The minimum absolute atomic E-state index is 0.0251. The van der Waals surface area contributed by atoms with E-state index >= 15 is 0 Å². The average molecular weight is 367 g/mol. The SMILES string of the molecule is CC(=O)[C@H]1CC[C@H]2[C@@H]3CCC4=CCC=C[C@]4(C)[C@@]3(Cl)C(Cl)C[C@]12C. The third-order valence-corrected chi connectivity index (χ3v) is 9.69. The van der Waals surface area contributed by atoms with Crippen LogP contribution in [0.25, 0.3) is 0 Å². The van der Waals surface area contributed by atoms with E-state index in [1.807, 2.05) is 0 Å². The van der Waals surface area contributed by atoms with Crippen molar-refractivity contribution in [1.82, 2.24) is 0 Å². The number of halogens is 2. The van der Waals surface area contributed by atoms with Crippen molar-refractivity contribution in [2.75, 3.05) is 0 Å². The summed E-state index contributed by atoms with van der Waals surface area (Å²) in [6, 6.07) is 0. The molecule has 3 saturated carbocycles. The largest absolute Gasteiger partial charge is 0.300 e. The van der Waals surface area contributed by atoms with Gasteiger partial charge in [-0.3, -0.25) is 4.79 Å². The molecule has 0 radical (unpaired) electrons. The first-order valence-electron chi connectivity index (χ1n) is 9.46. The van der Waals surface area contributed by atoms with Crippen molar-refractivity contribution in [2.24, 2.45) is 28.6 Å². The van der Waals surface area contributed by atoms with Crippen LogP contribution in [0.3, 0.4) is 0 Å². The highest BCUT2D eigenvalue weighted by atomic mass is 35.5. The summed E-state index contributed by atoms with van der Waals surface area (Å²) >= 11 is 14.6. The molecule has 0 amide bonds. The van der Waals surface area contributed by atoms with Gasteiger partial charge in [0.1, 0.15) is 5.78 Å². The fourth-order valence-electron chi connectivity index (χ4n) is 6.95. The quantitative estimate of drug-likeness (QED) is 0.417. The van der Waals surface area contributed by atoms with Gasteiger partial charge in [-0.15, -0.1) is 23.2 Å². The molecule has 1 unspecified atom stereocenters. The van der Waals surface area contributed by atoms with Crippen LogP contribution in [0.15, 0.2) is 23.8 Å². The van der Waals surface area contributed by atoms with Crippen LogP contribution in [0, 0.1) is 28.6 Å². The third-order valence-electron chi connectivity index (χ3n) is 8.14. The number of carbonyl (C=O) groups is 1. The Balaban J connectivity index is 1.80. The van der Waals surface area contributed by atoms with Gasteiger partial charge in [0, 0.05) is 11.3 Å². The van der Waals surface area contributed by atoms with Gasteiger partial charge < -0.3 is 0 Å². The van der Waals surface area contributed by atoms with Crippen LogP contribution in [0.2, 0.25) is 0 Å². The first kappa shape index (κ1) is 17.2. The van der Waals surface area contributed by atoms with E-state index in [0.717, 1.165) is 38.5 Å². The first-order chi connectivity index (χ1) is 11.2. The standard InChI is InChI=1S/C21H28Cl2O/c1-13(24)15-9-10-16-17-8-7-14-6-4-5-11-20(14,3)21(17,23)18(22)12-19(15,16)2/h5-6,11,15-18H,4,7-10,12H2,1-3H3/t15-,16+,17+,18?,19-,20+,21+/m1/s1. The highest BCUT2D eigenvalue weighted by Crippen LogP contribution is 2.70. The molecule has 24 heavy (non-hydrogen) atoms. The average Bonchev–Trinajstić information content (AvgIpc) is 2.85. The highest BCUT2D eigenvalue weighted by Gasteiger charge is 2.68. The summed E-state index contributed by atoms with van der Waals surface area (Å²) in [5, 5.41) is -0.0955. The molecule has 4 aliphatic rings. The molecule has 0 spiro atoms. The molecule has 0 aromatic carbocycles. The van der Waals surface area contributed by atoms with E-state index in [0.29, 0.717) is 17.6 Å². The topological polar surface area (TPSA) is 17.1 Å². The number of fused-ring (bicyclic) bond motifs is 5. The number of hydrogen-bond acceptors (Lipinski definition) is 1. The van der Waals surface area contributed by atoms with Gasteiger partial charge in [-0.25, -0.2) is 0 Å². The lowest BCUT2D eigenvalue weighted by molar-refractivity contribution is -0.126. The number of ketones is 1. The van der Waals surface area contributed by atoms with Crippen molar-refractivity contribution in [3.05, 3.63) is 23.8 Å². The van der Waals surface area contributed by atoms with Crippen molar-refractivity contribution in [1.29, 1.82) is 0 Å². The van der Waals surface area contributed by atoms with E-state index in [9.17, 15) is 4.79 Å². The lowest BCUT2D eigenvalue weighted by atomic mass is 9.47. The molecule has 0 aromatic rings. The predicted octanol–water partition coefficient (Wildman–Crippen LogP) is 5.90. The highest BCUT2D eigenvalue weighted by molar-refractivity contribution is 6.33. The summed E-state index contributed by atoms with van der Waals surface area (Å²) in [6.45, 7) is 6.37. The summed E-state index contributed by atoms with van der Waals surface area (Å²) in [5.41, 5.74) is 1.36. The molecule has 4 aliphatic carbocycles. The van der Waals surface area contributed by atoms with Crippen molar-refractivity contribution < 1.29 is 4.79 Å². The molecule has 0 saturated heterocycles. The molecular formula is C21H28Cl2O. The van der Waals surface area contributed by atoms with Crippen LogP contribution < -0.4 is 0 Å². The van der Waals surface area contributed by atoms with Gasteiger partial charge in [0.15, 0.2) is 0 Å². The number of carbonyl (C=O) groups excluding carboxylic acids is 1. The van der Waals surface area contributed by atoms with E-state index in [4.69, 9.17) is 23.2 Å². The van der Waals surface area contributed by atoms with Crippen LogP contribution in [0.4, 0.5) is 0 Å². The molecule has 0 aromatic heterocycles. The smallest absolute Gasteiger partial charge is 0.133 e. The maximum absolute atomic E-state index is 12.2. The van der Waals surface area contributed by atoms with Gasteiger partial charge in [-0.2, -0.15) is 0 Å². The Kier molecular flexibility index (Phi) is 3.84. The summed E-state index contributed by atoms with van der Waals surface area (Å²) in [7, 11) is 0. The first-order valence-corrected chi connectivity index (χ1v) is 10.3. The minimum Gasteiger partial charge on any atom is -0.300 e. The summed E-state index contributed by atoms with van der Waals surface area (Å²) < 4.78 is 0. The van der Waals surface area contributed by atoms with E-state index in [2.05, 4.69) is 32.1 Å². The molecule has 3 fully saturated rings. The number of Topliss-reactive ketones (excluding diaryl/α,β-unsaturated/α-hetero) is 1. The Morgan fingerprint density at radius 1 is 1.21 bits per heavy atom. The second kappa shape index (κ2) is 5.36. The second-order valence-corrected chi connectivity index (χ2v) is 10.2.